The van der Waals surface area contributed by atoms with Gasteiger partial charge in [0.25, 0.3) is 11.8 Å². The first-order valence-electron chi connectivity index (χ1n) is 14.3. The molecule has 0 radical (unpaired) electrons. The lowest BCUT2D eigenvalue weighted by Crippen LogP contribution is -2.48. The summed E-state index contributed by atoms with van der Waals surface area (Å²) in [6.07, 6.45) is -0.461. The highest BCUT2D eigenvalue weighted by Gasteiger charge is 2.24. The third kappa shape index (κ3) is 9.30. The van der Waals surface area contributed by atoms with E-state index in [1.807, 2.05) is 66.9 Å². The summed E-state index contributed by atoms with van der Waals surface area (Å²) in [4.78, 5) is 32.6. The van der Waals surface area contributed by atoms with Gasteiger partial charge < -0.3 is 25.7 Å². The normalized spacial score (nSPS) is 12.9. The molecule has 3 aromatic carbocycles. The fourth-order valence-electron chi connectivity index (χ4n) is 4.74. The Morgan fingerprint density at radius 1 is 0.977 bits per heavy atom. The van der Waals surface area contributed by atoms with Gasteiger partial charge in [-0.1, -0.05) is 60.7 Å². The molecule has 0 aliphatic rings. The van der Waals surface area contributed by atoms with Gasteiger partial charge in [0.1, 0.15) is 5.01 Å². The number of carbonyl (C=O) groups excluding carboxylic acids is 2. The van der Waals surface area contributed by atoms with Crippen molar-refractivity contribution in [3.63, 3.8) is 0 Å². The van der Waals surface area contributed by atoms with Crippen molar-refractivity contribution in [1.29, 1.82) is 0 Å². The average Bonchev–Trinajstić information content (AvgIpc) is 3.40. The number of aryl methyl sites for hydroxylation is 1. The summed E-state index contributed by atoms with van der Waals surface area (Å²) in [5.41, 5.74) is 3.48. The lowest BCUT2D eigenvalue weighted by Gasteiger charge is -2.25. The van der Waals surface area contributed by atoms with Crippen LogP contribution in [0.2, 0.25) is 0 Å². The van der Waals surface area contributed by atoms with Gasteiger partial charge >= 0.3 is 0 Å². The van der Waals surface area contributed by atoms with E-state index in [1.165, 1.54) is 11.3 Å². The summed E-state index contributed by atoms with van der Waals surface area (Å²) in [7, 11) is 1.71. The minimum atomic E-state index is -0.946. The molecule has 0 saturated heterocycles. The van der Waals surface area contributed by atoms with E-state index in [1.54, 1.807) is 50.1 Å². The smallest absolute Gasteiger partial charge is 0.253 e. The summed E-state index contributed by atoms with van der Waals surface area (Å²) < 4.78 is 0. The lowest BCUT2D eigenvalue weighted by atomic mass is 9.96. The van der Waals surface area contributed by atoms with Gasteiger partial charge in [-0.3, -0.25) is 9.59 Å². The minimum Gasteiger partial charge on any atom is -0.390 e. The molecule has 2 amide bonds. The van der Waals surface area contributed by atoms with Gasteiger partial charge in [-0.15, -0.1) is 11.3 Å². The Bertz CT molecular complexity index is 1520. The molecule has 0 aliphatic heterocycles. The van der Waals surface area contributed by atoms with Gasteiger partial charge in [0.05, 0.1) is 24.3 Å². The zero-order valence-electron chi connectivity index (χ0n) is 25.1. The second kappa shape index (κ2) is 14.5. The molecule has 0 unspecified atom stereocenters. The number of hydrogen-bond acceptors (Lipinski definition) is 7. The number of aliphatic hydroxyl groups excluding tert-OH is 1. The molecule has 8 nitrogen and oxygen atoms in total. The van der Waals surface area contributed by atoms with E-state index < -0.39 is 17.7 Å². The van der Waals surface area contributed by atoms with E-state index in [2.05, 4.69) is 15.6 Å². The quantitative estimate of drug-likeness (QED) is 0.180. The first-order valence-corrected chi connectivity index (χ1v) is 15.2. The Balaban J connectivity index is 1.42. The second-order valence-electron chi connectivity index (χ2n) is 11.4. The molecule has 9 heteroatoms. The molecule has 0 saturated carbocycles. The number of carbonyl (C=O) groups is 2. The van der Waals surface area contributed by atoms with Crippen molar-refractivity contribution >= 4 is 23.2 Å². The third-order valence-corrected chi connectivity index (χ3v) is 8.10. The molecule has 0 spiro atoms. The van der Waals surface area contributed by atoms with Crippen LogP contribution in [0.1, 0.15) is 62.0 Å². The van der Waals surface area contributed by atoms with E-state index in [4.69, 9.17) is 0 Å². The van der Waals surface area contributed by atoms with Crippen LogP contribution < -0.4 is 10.6 Å². The van der Waals surface area contributed by atoms with Crippen LogP contribution in [0.5, 0.6) is 0 Å². The summed E-state index contributed by atoms with van der Waals surface area (Å²) in [5.74, 6) is -0.577. The number of amides is 2. The molecule has 4 N–H and O–H groups in total. The molecular formula is C34H40N4O4S. The van der Waals surface area contributed by atoms with Crippen molar-refractivity contribution in [3.8, 4) is 0 Å². The van der Waals surface area contributed by atoms with E-state index in [0.29, 0.717) is 30.6 Å². The number of thiazole rings is 1. The summed E-state index contributed by atoms with van der Waals surface area (Å²) >= 11 is 1.51. The number of hydrogen-bond donors (Lipinski definition) is 4. The molecule has 1 heterocycles. The Morgan fingerprint density at radius 2 is 1.67 bits per heavy atom. The van der Waals surface area contributed by atoms with Gasteiger partial charge in [0.2, 0.25) is 0 Å². The van der Waals surface area contributed by atoms with Gasteiger partial charge in [-0.2, -0.15) is 0 Å². The van der Waals surface area contributed by atoms with E-state index in [9.17, 15) is 19.8 Å². The highest BCUT2D eigenvalue weighted by molar-refractivity contribution is 7.09. The van der Waals surface area contributed by atoms with Crippen LogP contribution >= 0.6 is 11.3 Å². The predicted octanol–water partition coefficient (Wildman–Crippen LogP) is 4.44. The van der Waals surface area contributed by atoms with E-state index in [0.717, 1.165) is 27.4 Å². The minimum absolute atomic E-state index is 0.207. The van der Waals surface area contributed by atoms with Gasteiger partial charge in [-0.05, 0) is 62.1 Å². The van der Waals surface area contributed by atoms with Crippen molar-refractivity contribution in [2.75, 3.05) is 13.6 Å². The summed E-state index contributed by atoms with van der Waals surface area (Å²) in [5, 5.41) is 30.6. The molecule has 0 fully saturated rings. The number of aliphatic hydroxyl groups is 2. The number of rotatable bonds is 13. The van der Waals surface area contributed by atoms with Gasteiger partial charge in [-0.25, -0.2) is 4.98 Å². The SMILES string of the molecule is Cc1csc(CN(C)C(=O)c2cccc(C(=O)N[C@@H](Cc3ccccc3)[C@H](O)CNCc3cccc(C(C)(C)O)c3)c2)n1. The van der Waals surface area contributed by atoms with Crippen LogP contribution in [-0.2, 0) is 25.1 Å². The van der Waals surface area contributed by atoms with Crippen LogP contribution in [0.4, 0.5) is 0 Å². The fraction of sp³-hybridized carbons (Fsp3) is 0.324. The van der Waals surface area contributed by atoms with E-state index >= 15 is 0 Å². The van der Waals surface area contributed by atoms with Crippen molar-refractivity contribution in [3.05, 3.63) is 123 Å². The first kappa shape index (κ1) is 32.0. The standard InChI is InChI=1S/C34H40N4O4S/c1-23-22-43-31(36-23)21-38(4)33(41)27-14-9-13-26(18-27)32(40)37-29(17-24-10-6-5-7-11-24)30(39)20-35-19-25-12-8-15-28(16-25)34(2,3)42/h5-16,18,22,29-30,35,39,42H,17,19-21H2,1-4H3,(H,37,40)/t29-,30+/m0/s1. The Kier molecular flexibility index (Phi) is 10.8. The monoisotopic (exact) mass is 600 g/mol. The highest BCUT2D eigenvalue weighted by atomic mass is 32.1. The highest BCUT2D eigenvalue weighted by Crippen LogP contribution is 2.20. The maximum atomic E-state index is 13.4. The molecule has 4 aromatic rings. The molecule has 43 heavy (non-hydrogen) atoms. The number of benzene rings is 3. The molecule has 1 aromatic heterocycles. The molecule has 0 aliphatic carbocycles. The topological polar surface area (TPSA) is 115 Å². The summed E-state index contributed by atoms with van der Waals surface area (Å²) in [6.45, 7) is 6.52. The number of nitrogens with one attached hydrogen (secondary N) is 2. The van der Waals surface area contributed by atoms with Crippen LogP contribution in [0.3, 0.4) is 0 Å². The summed E-state index contributed by atoms with van der Waals surface area (Å²) in [6, 6.07) is 23.4. The van der Waals surface area contributed by atoms with Crippen molar-refractivity contribution in [1.82, 2.24) is 20.5 Å². The zero-order valence-corrected chi connectivity index (χ0v) is 25.9. The maximum Gasteiger partial charge on any atom is 0.253 e. The molecule has 0 bridgehead atoms. The lowest BCUT2D eigenvalue weighted by molar-refractivity contribution is 0.0778. The first-order chi connectivity index (χ1) is 20.5. The van der Waals surface area contributed by atoms with Crippen molar-refractivity contribution < 1.29 is 19.8 Å². The maximum absolute atomic E-state index is 13.4. The molecular weight excluding hydrogens is 560 g/mol. The van der Waals surface area contributed by atoms with Crippen LogP contribution in [0.15, 0.2) is 84.2 Å². The van der Waals surface area contributed by atoms with Crippen molar-refractivity contribution in [2.45, 2.75) is 58.0 Å². The number of aromatic nitrogens is 1. The third-order valence-electron chi connectivity index (χ3n) is 7.15. The average molecular weight is 601 g/mol. The molecule has 4 rings (SSSR count). The van der Waals surface area contributed by atoms with Gasteiger partial charge in [0, 0.05) is 42.3 Å². The van der Waals surface area contributed by atoms with Crippen LogP contribution in [0, 0.1) is 6.92 Å². The Morgan fingerprint density at radius 3 is 2.37 bits per heavy atom. The Labute approximate surface area is 257 Å². The largest absolute Gasteiger partial charge is 0.390 e. The predicted molar refractivity (Wildman–Crippen MR) is 170 cm³/mol. The zero-order chi connectivity index (χ0) is 31.0. The molecule has 2 atom stereocenters. The molecule has 226 valence electrons. The van der Waals surface area contributed by atoms with Crippen LogP contribution in [0.25, 0.3) is 0 Å². The van der Waals surface area contributed by atoms with Crippen molar-refractivity contribution in [2.24, 2.45) is 0 Å². The second-order valence-corrected chi connectivity index (χ2v) is 12.3. The fourth-order valence-corrected chi connectivity index (χ4v) is 5.56. The number of nitrogens with zero attached hydrogens (tertiary/aromatic N) is 2. The van der Waals surface area contributed by atoms with Gasteiger partial charge in [0.15, 0.2) is 0 Å². The van der Waals surface area contributed by atoms with Crippen LogP contribution in [-0.4, -0.2) is 57.6 Å². The van der Waals surface area contributed by atoms with E-state index in [-0.39, 0.29) is 18.4 Å². The Hall–Kier alpha value is -3.89.